The van der Waals surface area contributed by atoms with E-state index in [2.05, 4.69) is 20.1 Å². The van der Waals surface area contributed by atoms with Gasteiger partial charge in [-0.15, -0.1) is 0 Å². The van der Waals surface area contributed by atoms with Crippen molar-refractivity contribution in [3.63, 3.8) is 0 Å². The van der Waals surface area contributed by atoms with Crippen LogP contribution in [0.25, 0.3) is 22.4 Å². The van der Waals surface area contributed by atoms with Crippen LogP contribution in [0.1, 0.15) is 5.89 Å². The monoisotopic (exact) mass is 365 g/mol. The van der Waals surface area contributed by atoms with Crippen molar-refractivity contribution >= 4 is 10.9 Å². The lowest BCUT2D eigenvalue weighted by Crippen LogP contribution is -2.21. The highest BCUT2D eigenvalue weighted by atomic mass is 16.5. The maximum atomic E-state index is 12.8. The standard InChI is InChI=1S/C18H15N5O4/c1-25-14-7-11-13(8-15(14)26-2)20-10-23(18(11)24)9-16-21-17(22-27-16)12-5-3-4-6-19-12/h3-8,10H,9H2,1-2H3. The van der Waals surface area contributed by atoms with Crippen molar-refractivity contribution in [3.8, 4) is 23.0 Å². The maximum absolute atomic E-state index is 12.8. The van der Waals surface area contributed by atoms with E-state index >= 15 is 0 Å². The molecule has 9 nitrogen and oxygen atoms in total. The number of ether oxygens (including phenoxy) is 2. The molecule has 4 rings (SSSR count). The van der Waals surface area contributed by atoms with Gasteiger partial charge in [0.2, 0.25) is 11.7 Å². The lowest BCUT2D eigenvalue weighted by molar-refractivity contribution is 0.355. The van der Waals surface area contributed by atoms with Crippen molar-refractivity contribution in [2.24, 2.45) is 0 Å². The van der Waals surface area contributed by atoms with E-state index in [1.807, 2.05) is 6.07 Å². The predicted octanol–water partition coefficient (Wildman–Crippen LogP) is 1.91. The number of hydrogen-bond acceptors (Lipinski definition) is 8. The van der Waals surface area contributed by atoms with Crippen molar-refractivity contribution < 1.29 is 14.0 Å². The summed E-state index contributed by atoms with van der Waals surface area (Å²) >= 11 is 0. The van der Waals surface area contributed by atoms with E-state index in [9.17, 15) is 4.79 Å². The fourth-order valence-electron chi connectivity index (χ4n) is 2.66. The number of methoxy groups -OCH3 is 2. The average Bonchev–Trinajstić information content (AvgIpc) is 3.18. The Balaban J connectivity index is 1.69. The van der Waals surface area contributed by atoms with Gasteiger partial charge in [-0.3, -0.25) is 14.3 Å². The lowest BCUT2D eigenvalue weighted by atomic mass is 10.2. The molecule has 0 aliphatic heterocycles. The van der Waals surface area contributed by atoms with Crippen LogP contribution in [0.2, 0.25) is 0 Å². The van der Waals surface area contributed by atoms with Gasteiger partial charge in [0, 0.05) is 12.3 Å². The van der Waals surface area contributed by atoms with Crippen LogP contribution in [0.3, 0.4) is 0 Å². The van der Waals surface area contributed by atoms with Crippen molar-refractivity contribution in [3.05, 3.63) is 59.1 Å². The van der Waals surface area contributed by atoms with Crippen LogP contribution in [0.5, 0.6) is 11.5 Å². The quantitative estimate of drug-likeness (QED) is 0.528. The van der Waals surface area contributed by atoms with E-state index < -0.39 is 0 Å². The maximum Gasteiger partial charge on any atom is 0.261 e. The van der Waals surface area contributed by atoms with Crippen molar-refractivity contribution in [1.29, 1.82) is 0 Å². The molecule has 27 heavy (non-hydrogen) atoms. The van der Waals surface area contributed by atoms with E-state index in [0.29, 0.717) is 33.9 Å². The van der Waals surface area contributed by atoms with Crippen LogP contribution in [0.4, 0.5) is 0 Å². The first kappa shape index (κ1) is 16.7. The van der Waals surface area contributed by atoms with Gasteiger partial charge in [0.05, 0.1) is 31.4 Å². The van der Waals surface area contributed by atoms with Crippen molar-refractivity contribution in [2.75, 3.05) is 14.2 Å². The van der Waals surface area contributed by atoms with E-state index in [1.165, 1.54) is 25.1 Å². The smallest absolute Gasteiger partial charge is 0.261 e. The zero-order valence-corrected chi connectivity index (χ0v) is 14.6. The highest BCUT2D eigenvalue weighted by Crippen LogP contribution is 2.29. The molecule has 0 atom stereocenters. The molecule has 0 fully saturated rings. The molecular formula is C18H15N5O4. The first-order chi connectivity index (χ1) is 13.2. The Morgan fingerprint density at radius 2 is 1.93 bits per heavy atom. The molecule has 0 spiro atoms. The molecular weight excluding hydrogens is 350 g/mol. The highest BCUT2D eigenvalue weighted by molar-refractivity contribution is 5.81. The largest absolute Gasteiger partial charge is 0.493 e. The van der Waals surface area contributed by atoms with Gasteiger partial charge in [0.25, 0.3) is 5.56 Å². The second kappa shape index (κ2) is 6.87. The molecule has 9 heteroatoms. The molecule has 0 aliphatic carbocycles. The first-order valence-corrected chi connectivity index (χ1v) is 8.04. The van der Waals surface area contributed by atoms with Gasteiger partial charge < -0.3 is 14.0 Å². The molecule has 0 saturated heterocycles. The molecule has 0 N–H and O–H groups in total. The Morgan fingerprint density at radius 1 is 1.11 bits per heavy atom. The number of aromatic nitrogens is 5. The van der Waals surface area contributed by atoms with Crippen LogP contribution in [0.15, 0.2) is 52.2 Å². The van der Waals surface area contributed by atoms with Crippen LogP contribution < -0.4 is 15.0 Å². The molecule has 3 aromatic heterocycles. The second-order valence-electron chi connectivity index (χ2n) is 5.63. The normalized spacial score (nSPS) is 10.9. The molecule has 0 radical (unpaired) electrons. The summed E-state index contributed by atoms with van der Waals surface area (Å²) in [5, 5.41) is 4.31. The molecule has 136 valence electrons. The summed E-state index contributed by atoms with van der Waals surface area (Å²) in [6, 6.07) is 8.67. The van der Waals surface area contributed by atoms with Gasteiger partial charge in [-0.2, -0.15) is 4.98 Å². The summed E-state index contributed by atoms with van der Waals surface area (Å²) in [4.78, 5) is 25.6. The molecule has 0 unspecified atom stereocenters. The van der Waals surface area contributed by atoms with Crippen molar-refractivity contribution in [2.45, 2.75) is 6.54 Å². The fraction of sp³-hybridized carbons (Fsp3) is 0.167. The van der Waals surface area contributed by atoms with Crippen LogP contribution in [-0.2, 0) is 6.54 Å². The SMILES string of the molecule is COc1cc2ncn(Cc3nc(-c4ccccn4)no3)c(=O)c2cc1OC. The lowest BCUT2D eigenvalue weighted by Gasteiger charge is -2.09. The van der Waals surface area contributed by atoms with Crippen LogP contribution >= 0.6 is 0 Å². The number of nitrogens with zero attached hydrogens (tertiary/aromatic N) is 5. The zero-order chi connectivity index (χ0) is 18.8. The number of fused-ring (bicyclic) bond motifs is 1. The van der Waals surface area contributed by atoms with Gasteiger partial charge in [0.1, 0.15) is 12.2 Å². The third kappa shape index (κ3) is 3.10. The summed E-state index contributed by atoms with van der Waals surface area (Å²) in [5.41, 5.74) is 0.848. The van der Waals surface area contributed by atoms with Gasteiger partial charge in [0.15, 0.2) is 11.5 Å². The molecule has 0 saturated carbocycles. The Hall–Kier alpha value is -3.75. The minimum absolute atomic E-state index is 0.0932. The number of pyridine rings is 1. The summed E-state index contributed by atoms with van der Waals surface area (Å²) in [5.74, 6) is 1.60. The van der Waals surface area contributed by atoms with Gasteiger partial charge in [-0.05, 0) is 18.2 Å². The van der Waals surface area contributed by atoms with Crippen LogP contribution in [0, 0.1) is 0 Å². The molecule has 4 aromatic rings. The number of rotatable bonds is 5. The number of benzene rings is 1. The van der Waals surface area contributed by atoms with Crippen LogP contribution in [-0.4, -0.2) is 38.9 Å². The van der Waals surface area contributed by atoms with E-state index in [0.717, 1.165) is 0 Å². The van der Waals surface area contributed by atoms with E-state index in [4.69, 9.17) is 14.0 Å². The average molecular weight is 365 g/mol. The topological polar surface area (TPSA) is 105 Å². The van der Waals surface area contributed by atoms with Gasteiger partial charge in [-0.25, -0.2) is 4.98 Å². The van der Waals surface area contributed by atoms with E-state index in [1.54, 1.807) is 30.5 Å². The number of hydrogen-bond donors (Lipinski definition) is 0. The minimum atomic E-state index is -0.251. The van der Waals surface area contributed by atoms with E-state index in [-0.39, 0.29) is 18.0 Å². The zero-order valence-electron chi connectivity index (χ0n) is 14.6. The highest BCUT2D eigenvalue weighted by Gasteiger charge is 2.14. The summed E-state index contributed by atoms with van der Waals surface area (Å²) in [6.07, 6.45) is 3.08. The fourth-order valence-corrected chi connectivity index (χ4v) is 2.66. The summed E-state index contributed by atoms with van der Waals surface area (Å²) in [6.45, 7) is 0.0932. The third-order valence-corrected chi connectivity index (χ3v) is 4.00. The Kier molecular flexibility index (Phi) is 4.25. The second-order valence-corrected chi connectivity index (χ2v) is 5.63. The first-order valence-electron chi connectivity index (χ1n) is 8.04. The molecule has 3 heterocycles. The predicted molar refractivity (Wildman–Crippen MR) is 95.7 cm³/mol. The van der Waals surface area contributed by atoms with Gasteiger partial charge in [-0.1, -0.05) is 11.2 Å². The van der Waals surface area contributed by atoms with Gasteiger partial charge >= 0.3 is 0 Å². The minimum Gasteiger partial charge on any atom is -0.493 e. The summed E-state index contributed by atoms with van der Waals surface area (Å²) < 4.78 is 17.1. The Morgan fingerprint density at radius 3 is 2.67 bits per heavy atom. The molecule has 1 aromatic carbocycles. The molecule has 0 amide bonds. The Labute approximate surface area is 153 Å². The summed E-state index contributed by atoms with van der Waals surface area (Å²) in [7, 11) is 3.04. The molecule has 0 aliphatic rings. The van der Waals surface area contributed by atoms with Crippen molar-refractivity contribution in [1.82, 2.24) is 24.7 Å². The third-order valence-electron chi connectivity index (χ3n) is 4.00. The molecule has 0 bridgehead atoms. The Bertz CT molecular complexity index is 1150.